The van der Waals surface area contributed by atoms with Gasteiger partial charge in [0.15, 0.2) is 0 Å². The highest BCUT2D eigenvalue weighted by atomic mass is 15.1. The summed E-state index contributed by atoms with van der Waals surface area (Å²) in [5.74, 6) is 1.05. The molecule has 1 aromatic rings. The van der Waals surface area contributed by atoms with Gasteiger partial charge in [0, 0.05) is 26.3 Å². The van der Waals surface area contributed by atoms with E-state index in [2.05, 4.69) is 41.0 Å². The Hall–Kier alpha value is -1.09. The molecule has 0 unspecified atom stereocenters. The third-order valence-electron chi connectivity index (χ3n) is 3.72. The van der Waals surface area contributed by atoms with E-state index in [1.54, 1.807) is 0 Å². The third kappa shape index (κ3) is 2.60. The summed E-state index contributed by atoms with van der Waals surface area (Å²) < 4.78 is 0. The summed E-state index contributed by atoms with van der Waals surface area (Å²) in [4.78, 5) is 9.07. The average molecular weight is 233 g/mol. The molecule has 0 amide bonds. The monoisotopic (exact) mass is 233 g/mol. The molecule has 3 heteroatoms. The molecule has 1 fully saturated rings. The molecule has 0 bridgehead atoms. The van der Waals surface area contributed by atoms with Crippen molar-refractivity contribution in [3.8, 4) is 0 Å². The highest BCUT2D eigenvalue weighted by molar-refractivity contribution is 5.42. The van der Waals surface area contributed by atoms with Crippen LogP contribution in [0.2, 0.25) is 0 Å². The first-order valence-electron chi connectivity index (χ1n) is 6.43. The third-order valence-corrected chi connectivity index (χ3v) is 3.72. The van der Waals surface area contributed by atoms with E-state index in [-0.39, 0.29) is 0 Å². The van der Waals surface area contributed by atoms with Gasteiger partial charge in [-0.2, -0.15) is 0 Å². The summed E-state index contributed by atoms with van der Waals surface area (Å²) in [7, 11) is 6.30. The first-order chi connectivity index (χ1) is 8.09. The Kier molecular flexibility index (Phi) is 3.67. The van der Waals surface area contributed by atoms with Crippen LogP contribution in [0.1, 0.15) is 36.4 Å². The van der Waals surface area contributed by atoms with E-state index in [4.69, 9.17) is 0 Å². The lowest BCUT2D eigenvalue weighted by molar-refractivity contribution is 0.186. The summed E-state index contributed by atoms with van der Waals surface area (Å²) in [6, 6.07) is 2.75. The molecular formula is C14H23N3. The van der Waals surface area contributed by atoms with Crippen molar-refractivity contribution in [1.29, 1.82) is 0 Å². The molecule has 1 saturated heterocycles. The quantitative estimate of drug-likeness (QED) is 0.783. The SMILES string of the molecule is Cc1cc(N(C)C)ncc1[C@@H]1CCCCN1C. The Labute approximate surface area is 104 Å². The van der Waals surface area contributed by atoms with Crippen LogP contribution in [-0.2, 0) is 0 Å². The van der Waals surface area contributed by atoms with Gasteiger partial charge in [-0.3, -0.25) is 4.90 Å². The largest absolute Gasteiger partial charge is 0.363 e. The Morgan fingerprint density at radius 1 is 1.35 bits per heavy atom. The predicted octanol–water partition coefficient (Wildman–Crippen LogP) is 2.61. The van der Waals surface area contributed by atoms with Gasteiger partial charge >= 0.3 is 0 Å². The van der Waals surface area contributed by atoms with E-state index in [0.29, 0.717) is 6.04 Å². The minimum Gasteiger partial charge on any atom is -0.363 e. The first-order valence-corrected chi connectivity index (χ1v) is 6.43. The second kappa shape index (κ2) is 5.05. The van der Waals surface area contributed by atoms with Crippen molar-refractivity contribution in [3.05, 3.63) is 23.4 Å². The van der Waals surface area contributed by atoms with Crippen LogP contribution >= 0.6 is 0 Å². The van der Waals surface area contributed by atoms with Crippen LogP contribution in [0.3, 0.4) is 0 Å². The smallest absolute Gasteiger partial charge is 0.128 e. The number of aryl methyl sites for hydroxylation is 1. The maximum absolute atomic E-state index is 4.55. The van der Waals surface area contributed by atoms with Gasteiger partial charge in [0.2, 0.25) is 0 Å². The normalized spacial score (nSPS) is 21.5. The zero-order valence-electron chi connectivity index (χ0n) is 11.4. The minimum absolute atomic E-state index is 0.562. The average Bonchev–Trinajstić information content (AvgIpc) is 2.30. The van der Waals surface area contributed by atoms with E-state index in [0.717, 1.165) is 5.82 Å². The number of aromatic nitrogens is 1. The van der Waals surface area contributed by atoms with Gasteiger partial charge in [-0.15, -0.1) is 0 Å². The topological polar surface area (TPSA) is 19.4 Å². The zero-order valence-corrected chi connectivity index (χ0v) is 11.4. The molecular weight excluding hydrogens is 210 g/mol. The number of hydrogen-bond donors (Lipinski definition) is 0. The van der Waals surface area contributed by atoms with Crippen LogP contribution in [-0.4, -0.2) is 37.6 Å². The number of hydrogen-bond acceptors (Lipinski definition) is 3. The minimum atomic E-state index is 0.562. The summed E-state index contributed by atoms with van der Waals surface area (Å²) >= 11 is 0. The van der Waals surface area contributed by atoms with Gasteiger partial charge in [0.25, 0.3) is 0 Å². The highest BCUT2D eigenvalue weighted by Gasteiger charge is 2.22. The van der Waals surface area contributed by atoms with Crippen LogP contribution < -0.4 is 4.90 Å². The van der Waals surface area contributed by atoms with Gasteiger partial charge in [0.05, 0.1) is 0 Å². The highest BCUT2D eigenvalue weighted by Crippen LogP contribution is 2.31. The second-order valence-corrected chi connectivity index (χ2v) is 5.29. The number of piperidine rings is 1. The molecule has 3 nitrogen and oxygen atoms in total. The van der Waals surface area contributed by atoms with Crippen molar-refractivity contribution < 1.29 is 0 Å². The Morgan fingerprint density at radius 2 is 2.12 bits per heavy atom. The molecule has 2 rings (SSSR count). The Bertz CT molecular complexity index is 387. The van der Waals surface area contributed by atoms with Crippen molar-refractivity contribution in [3.63, 3.8) is 0 Å². The van der Waals surface area contributed by atoms with Crippen LogP contribution in [0.15, 0.2) is 12.3 Å². The number of pyridine rings is 1. The molecule has 94 valence electrons. The fourth-order valence-corrected chi connectivity index (χ4v) is 2.61. The maximum Gasteiger partial charge on any atom is 0.128 e. The number of anilines is 1. The van der Waals surface area contributed by atoms with Crippen LogP contribution in [0.4, 0.5) is 5.82 Å². The molecule has 0 saturated carbocycles. The number of nitrogens with zero attached hydrogens (tertiary/aromatic N) is 3. The molecule has 1 aliphatic rings. The lowest BCUT2D eigenvalue weighted by Gasteiger charge is -2.33. The van der Waals surface area contributed by atoms with Crippen molar-refractivity contribution >= 4 is 5.82 Å². The molecule has 0 aliphatic carbocycles. The van der Waals surface area contributed by atoms with Crippen molar-refractivity contribution in [2.24, 2.45) is 0 Å². The Balaban J connectivity index is 2.26. The number of rotatable bonds is 2. The van der Waals surface area contributed by atoms with Gasteiger partial charge in [-0.25, -0.2) is 4.98 Å². The van der Waals surface area contributed by atoms with Gasteiger partial charge < -0.3 is 4.90 Å². The summed E-state index contributed by atoms with van der Waals surface area (Å²) in [5.41, 5.74) is 2.76. The van der Waals surface area contributed by atoms with E-state index in [1.165, 1.54) is 36.9 Å². The van der Waals surface area contributed by atoms with Crippen molar-refractivity contribution in [2.45, 2.75) is 32.2 Å². The lowest BCUT2D eigenvalue weighted by atomic mass is 9.94. The fraction of sp³-hybridized carbons (Fsp3) is 0.643. The summed E-state index contributed by atoms with van der Waals surface area (Å²) in [6.45, 7) is 3.41. The maximum atomic E-state index is 4.55. The standard InChI is InChI=1S/C14H23N3/c1-11-9-14(16(2)3)15-10-12(11)13-7-5-6-8-17(13)4/h9-10,13H,5-8H2,1-4H3/t13-/m0/s1. The molecule has 0 spiro atoms. The van der Waals surface area contributed by atoms with E-state index < -0.39 is 0 Å². The van der Waals surface area contributed by atoms with E-state index in [9.17, 15) is 0 Å². The van der Waals surface area contributed by atoms with Crippen molar-refractivity contribution in [2.75, 3.05) is 32.6 Å². The number of likely N-dealkylation sites (tertiary alicyclic amines) is 1. The summed E-state index contributed by atoms with van der Waals surface area (Å²) in [5, 5.41) is 0. The van der Waals surface area contributed by atoms with Crippen molar-refractivity contribution in [1.82, 2.24) is 9.88 Å². The molecule has 2 heterocycles. The predicted molar refractivity (Wildman–Crippen MR) is 72.5 cm³/mol. The lowest BCUT2D eigenvalue weighted by Crippen LogP contribution is -2.30. The molecule has 0 aromatic carbocycles. The first kappa shape index (κ1) is 12.4. The van der Waals surface area contributed by atoms with Gasteiger partial charge in [-0.05, 0) is 50.6 Å². The molecule has 1 aromatic heterocycles. The second-order valence-electron chi connectivity index (χ2n) is 5.29. The Morgan fingerprint density at radius 3 is 2.71 bits per heavy atom. The van der Waals surface area contributed by atoms with Gasteiger partial charge in [-0.1, -0.05) is 6.42 Å². The fourth-order valence-electron chi connectivity index (χ4n) is 2.61. The molecule has 1 atom stereocenters. The van der Waals surface area contributed by atoms with Crippen LogP contribution in [0, 0.1) is 6.92 Å². The van der Waals surface area contributed by atoms with Crippen LogP contribution in [0.25, 0.3) is 0 Å². The molecule has 17 heavy (non-hydrogen) atoms. The molecule has 1 aliphatic heterocycles. The van der Waals surface area contributed by atoms with Crippen LogP contribution in [0.5, 0.6) is 0 Å². The zero-order chi connectivity index (χ0) is 12.4. The summed E-state index contributed by atoms with van der Waals surface area (Å²) in [6.07, 6.45) is 6.00. The molecule has 0 N–H and O–H groups in total. The van der Waals surface area contributed by atoms with E-state index >= 15 is 0 Å². The van der Waals surface area contributed by atoms with Gasteiger partial charge in [0.1, 0.15) is 5.82 Å². The molecule has 0 radical (unpaired) electrons. The van der Waals surface area contributed by atoms with E-state index in [1.807, 2.05) is 14.1 Å².